The summed E-state index contributed by atoms with van der Waals surface area (Å²) in [5, 5.41) is 1.15. The lowest BCUT2D eigenvalue weighted by Gasteiger charge is -2.08. The highest BCUT2D eigenvalue weighted by molar-refractivity contribution is 5.88. The van der Waals surface area contributed by atoms with Gasteiger partial charge in [-0.05, 0) is 37.1 Å². The number of carbonyl (C=O) groups excluding carboxylic acids is 1. The standard InChI is InChI=1S/C15H17NO3/c1-3-19-15(17)9-6-11-12-8-10(18-2)4-5-13(12)16-14(11)7-9/h4-5,8-9,16H,3,6-7H2,1-2H3. The second kappa shape index (κ2) is 4.61. The number of carbonyl (C=O) groups is 1. The van der Waals surface area contributed by atoms with Crippen molar-refractivity contribution in [2.75, 3.05) is 13.7 Å². The number of hydrogen-bond acceptors (Lipinski definition) is 3. The van der Waals surface area contributed by atoms with Crippen LogP contribution in [0.15, 0.2) is 18.2 Å². The van der Waals surface area contributed by atoms with E-state index in [1.165, 1.54) is 5.56 Å². The zero-order valence-corrected chi connectivity index (χ0v) is 11.2. The molecule has 0 fully saturated rings. The van der Waals surface area contributed by atoms with Gasteiger partial charge in [0.2, 0.25) is 0 Å². The molecule has 0 saturated heterocycles. The molecule has 1 N–H and O–H groups in total. The molecular formula is C15H17NO3. The Morgan fingerprint density at radius 1 is 1.42 bits per heavy atom. The Morgan fingerprint density at radius 3 is 3.00 bits per heavy atom. The van der Waals surface area contributed by atoms with Gasteiger partial charge in [0, 0.05) is 23.0 Å². The van der Waals surface area contributed by atoms with Crippen molar-refractivity contribution < 1.29 is 14.3 Å². The van der Waals surface area contributed by atoms with Crippen molar-refractivity contribution in [2.45, 2.75) is 19.8 Å². The van der Waals surface area contributed by atoms with Crippen LogP contribution in [-0.4, -0.2) is 24.7 Å². The molecule has 1 heterocycles. The molecule has 0 aliphatic heterocycles. The summed E-state index contributed by atoms with van der Waals surface area (Å²) in [7, 11) is 1.66. The van der Waals surface area contributed by atoms with Gasteiger partial charge in [-0.2, -0.15) is 0 Å². The number of methoxy groups -OCH3 is 1. The van der Waals surface area contributed by atoms with Crippen LogP contribution in [0.5, 0.6) is 5.75 Å². The van der Waals surface area contributed by atoms with Gasteiger partial charge in [0.15, 0.2) is 0 Å². The first-order chi connectivity index (χ1) is 9.22. The Bertz CT molecular complexity index is 630. The third-order valence-electron chi connectivity index (χ3n) is 3.72. The summed E-state index contributed by atoms with van der Waals surface area (Å²) in [6.45, 7) is 2.28. The molecule has 0 radical (unpaired) electrons. The van der Waals surface area contributed by atoms with Crippen LogP contribution in [0.1, 0.15) is 18.2 Å². The van der Waals surface area contributed by atoms with E-state index in [2.05, 4.69) is 4.98 Å². The zero-order chi connectivity index (χ0) is 13.4. The second-order valence-corrected chi connectivity index (χ2v) is 4.85. The quantitative estimate of drug-likeness (QED) is 0.861. The molecule has 1 aromatic carbocycles. The molecule has 100 valence electrons. The minimum absolute atomic E-state index is 0.0446. The third kappa shape index (κ3) is 1.97. The molecule has 1 aliphatic carbocycles. The highest BCUT2D eigenvalue weighted by Gasteiger charge is 2.31. The van der Waals surface area contributed by atoms with Gasteiger partial charge < -0.3 is 14.5 Å². The number of H-pyrrole nitrogens is 1. The molecule has 2 aromatic rings. The van der Waals surface area contributed by atoms with Gasteiger partial charge in [0.05, 0.1) is 19.6 Å². The van der Waals surface area contributed by atoms with Crippen molar-refractivity contribution >= 4 is 16.9 Å². The van der Waals surface area contributed by atoms with Gasteiger partial charge >= 0.3 is 5.97 Å². The first kappa shape index (κ1) is 12.1. The van der Waals surface area contributed by atoms with Crippen LogP contribution >= 0.6 is 0 Å². The summed E-state index contributed by atoms with van der Waals surface area (Å²) in [4.78, 5) is 15.2. The number of benzene rings is 1. The molecule has 4 heteroatoms. The maximum absolute atomic E-state index is 11.8. The lowest BCUT2D eigenvalue weighted by atomic mass is 10.1. The fraction of sp³-hybridized carbons (Fsp3) is 0.400. The van der Waals surface area contributed by atoms with Gasteiger partial charge in [-0.15, -0.1) is 0 Å². The molecule has 1 aliphatic rings. The highest BCUT2D eigenvalue weighted by Crippen LogP contribution is 2.35. The molecule has 0 saturated carbocycles. The smallest absolute Gasteiger partial charge is 0.309 e. The van der Waals surface area contributed by atoms with Gasteiger partial charge in [0.25, 0.3) is 0 Å². The molecule has 1 aromatic heterocycles. The van der Waals surface area contributed by atoms with Crippen molar-refractivity contribution in [1.82, 2.24) is 4.98 Å². The number of esters is 1. The Kier molecular flexibility index (Phi) is 2.93. The van der Waals surface area contributed by atoms with Crippen molar-refractivity contribution in [2.24, 2.45) is 5.92 Å². The van der Waals surface area contributed by atoms with Gasteiger partial charge in [-0.3, -0.25) is 4.79 Å². The van der Waals surface area contributed by atoms with Crippen LogP contribution in [0.25, 0.3) is 10.9 Å². The number of nitrogens with one attached hydrogen (secondary N) is 1. The molecule has 0 bridgehead atoms. The van der Waals surface area contributed by atoms with E-state index in [4.69, 9.17) is 9.47 Å². The van der Waals surface area contributed by atoms with E-state index < -0.39 is 0 Å². The van der Waals surface area contributed by atoms with Crippen molar-refractivity contribution in [3.05, 3.63) is 29.5 Å². The average Bonchev–Trinajstić information content (AvgIpc) is 2.95. The highest BCUT2D eigenvalue weighted by atomic mass is 16.5. The molecule has 0 spiro atoms. The predicted molar refractivity (Wildman–Crippen MR) is 72.4 cm³/mol. The van der Waals surface area contributed by atoms with E-state index in [9.17, 15) is 4.79 Å². The van der Waals surface area contributed by atoms with Crippen LogP contribution in [-0.2, 0) is 22.4 Å². The number of aromatic amines is 1. The Balaban J connectivity index is 1.93. The largest absolute Gasteiger partial charge is 0.497 e. The van der Waals surface area contributed by atoms with Gasteiger partial charge in [0.1, 0.15) is 5.75 Å². The Labute approximate surface area is 111 Å². The van der Waals surface area contributed by atoms with Gasteiger partial charge in [-0.25, -0.2) is 0 Å². The summed E-state index contributed by atoms with van der Waals surface area (Å²) in [5.74, 6) is 0.703. The normalized spacial score (nSPS) is 17.5. The first-order valence-electron chi connectivity index (χ1n) is 6.57. The van der Waals surface area contributed by atoms with Crippen LogP contribution in [0.2, 0.25) is 0 Å². The molecule has 0 amide bonds. The van der Waals surface area contributed by atoms with Crippen LogP contribution in [0.3, 0.4) is 0 Å². The summed E-state index contributed by atoms with van der Waals surface area (Å²) in [5.41, 5.74) is 3.49. The van der Waals surface area contributed by atoms with Crippen molar-refractivity contribution in [3.8, 4) is 5.75 Å². The monoisotopic (exact) mass is 259 g/mol. The second-order valence-electron chi connectivity index (χ2n) is 4.85. The van der Waals surface area contributed by atoms with Gasteiger partial charge in [-0.1, -0.05) is 0 Å². The molecule has 1 unspecified atom stereocenters. The van der Waals surface area contributed by atoms with Crippen LogP contribution in [0.4, 0.5) is 0 Å². The molecule has 19 heavy (non-hydrogen) atoms. The van der Waals surface area contributed by atoms with E-state index in [1.54, 1.807) is 7.11 Å². The fourth-order valence-corrected chi connectivity index (χ4v) is 2.81. The maximum Gasteiger partial charge on any atom is 0.309 e. The topological polar surface area (TPSA) is 51.3 Å². The summed E-state index contributed by atoms with van der Waals surface area (Å²) < 4.78 is 10.4. The zero-order valence-electron chi connectivity index (χ0n) is 11.2. The molecule has 1 atom stereocenters. The summed E-state index contributed by atoms with van der Waals surface area (Å²) >= 11 is 0. The number of fused-ring (bicyclic) bond motifs is 3. The average molecular weight is 259 g/mol. The van der Waals surface area contributed by atoms with Crippen molar-refractivity contribution in [3.63, 3.8) is 0 Å². The van der Waals surface area contributed by atoms with E-state index in [1.807, 2.05) is 25.1 Å². The van der Waals surface area contributed by atoms with E-state index in [0.29, 0.717) is 6.61 Å². The molecular weight excluding hydrogens is 242 g/mol. The number of ether oxygens (including phenoxy) is 2. The van der Waals surface area contributed by atoms with Crippen molar-refractivity contribution in [1.29, 1.82) is 0 Å². The van der Waals surface area contributed by atoms with Crippen LogP contribution < -0.4 is 4.74 Å². The fourth-order valence-electron chi connectivity index (χ4n) is 2.81. The number of aromatic nitrogens is 1. The minimum atomic E-state index is -0.0943. The SMILES string of the molecule is CCOC(=O)C1Cc2[nH]c3ccc(OC)cc3c2C1. The Hall–Kier alpha value is -1.97. The maximum atomic E-state index is 11.8. The number of hydrogen-bond donors (Lipinski definition) is 1. The van der Waals surface area contributed by atoms with E-state index >= 15 is 0 Å². The minimum Gasteiger partial charge on any atom is -0.497 e. The molecule has 3 rings (SSSR count). The molecule has 4 nitrogen and oxygen atoms in total. The third-order valence-corrected chi connectivity index (χ3v) is 3.72. The summed E-state index contributed by atoms with van der Waals surface area (Å²) in [6, 6.07) is 5.99. The van der Waals surface area contributed by atoms with E-state index in [0.717, 1.165) is 35.2 Å². The lowest BCUT2D eigenvalue weighted by molar-refractivity contribution is -0.147. The first-order valence-corrected chi connectivity index (χ1v) is 6.57. The lowest BCUT2D eigenvalue weighted by Crippen LogP contribution is -2.18. The predicted octanol–water partition coefficient (Wildman–Crippen LogP) is 2.45. The Morgan fingerprint density at radius 2 is 2.26 bits per heavy atom. The summed E-state index contributed by atoms with van der Waals surface area (Å²) in [6.07, 6.45) is 1.49. The number of rotatable bonds is 3. The van der Waals surface area contributed by atoms with Crippen LogP contribution in [0, 0.1) is 5.92 Å². The van der Waals surface area contributed by atoms with E-state index in [-0.39, 0.29) is 11.9 Å².